The van der Waals surface area contributed by atoms with Crippen molar-refractivity contribution in [3.05, 3.63) is 24.3 Å². The predicted molar refractivity (Wildman–Crippen MR) is 60.2 cm³/mol. The quantitative estimate of drug-likeness (QED) is 0.703. The van der Waals surface area contributed by atoms with Crippen molar-refractivity contribution in [1.29, 1.82) is 0 Å². The summed E-state index contributed by atoms with van der Waals surface area (Å²) < 4.78 is 4.67. The van der Waals surface area contributed by atoms with Crippen LogP contribution in [0.4, 0.5) is 16.2 Å². The van der Waals surface area contributed by atoms with Gasteiger partial charge in [-0.25, -0.2) is 4.79 Å². The smallest absolute Gasteiger partial charge is 0.316 e. The SMILES string of the molecule is COCC(=O)Nc1cccc(NC(N)=O)c1. The Labute approximate surface area is 92.8 Å². The molecular formula is C10H13N3O3. The Morgan fingerprint density at radius 3 is 2.50 bits per heavy atom. The Balaban J connectivity index is 2.67. The molecule has 0 fully saturated rings. The summed E-state index contributed by atoms with van der Waals surface area (Å²) in [6.45, 7) is -0.0204. The Morgan fingerprint density at radius 2 is 1.94 bits per heavy atom. The van der Waals surface area contributed by atoms with Gasteiger partial charge in [-0.05, 0) is 18.2 Å². The van der Waals surface area contributed by atoms with E-state index in [4.69, 9.17) is 5.73 Å². The molecule has 0 radical (unpaired) electrons. The van der Waals surface area contributed by atoms with E-state index in [2.05, 4.69) is 15.4 Å². The van der Waals surface area contributed by atoms with Crippen LogP contribution in [-0.4, -0.2) is 25.7 Å². The van der Waals surface area contributed by atoms with Crippen LogP contribution in [0.1, 0.15) is 0 Å². The first-order valence-electron chi connectivity index (χ1n) is 4.57. The zero-order chi connectivity index (χ0) is 12.0. The molecule has 1 rings (SSSR count). The third kappa shape index (κ3) is 3.97. The van der Waals surface area contributed by atoms with E-state index >= 15 is 0 Å². The van der Waals surface area contributed by atoms with Crippen LogP contribution in [0.25, 0.3) is 0 Å². The van der Waals surface area contributed by atoms with Gasteiger partial charge in [0.15, 0.2) is 0 Å². The van der Waals surface area contributed by atoms with Crippen molar-refractivity contribution >= 4 is 23.3 Å². The first-order chi connectivity index (χ1) is 7.61. The zero-order valence-electron chi connectivity index (χ0n) is 8.82. The molecule has 3 amide bonds. The average Bonchev–Trinajstić information content (AvgIpc) is 2.17. The molecule has 0 aliphatic carbocycles. The highest BCUT2D eigenvalue weighted by molar-refractivity contribution is 5.93. The Hall–Kier alpha value is -2.08. The lowest BCUT2D eigenvalue weighted by Gasteiger charge is -2.06. The fourth-order valence-electron chi connectivity index (χ4n) is 1.15. The van der Waals surface area contributed by atoms with Crippen LogP contribution in [0.5, 0.6) is 0 Å². The van der Waals surface area contributed by atoms with E-state index < -0.39 is 6.03 Å². The van der Waals surface area contributed by atoms with Crippen LogP contribution in [-0.2, 0) is 9.53 Å². The highest BCUT2D eigenvalue weighted by Gasteiger charge is 2.02. The molecule has 0 aliphatic heterocycles. The lowest BCUT2D eigenvalue weighted by atomic mass is 10.2. The number of primary amides is 1. The van der Waals surface area contributed by atoms with E-state index in [1.807, 2.05) is 0 Å². The van der Waals surface area contributed by atoms with Crippen molar-refractivity contribution in [1.82, 2.24) is 0 Å². The number of hydrogen-bond acceptors (Lipinski definition) is 3. The van der Waals surface area contributed by atoms with Crippen molar-refractivity contribution in [3.63, 3.8) is 0 Å². The largest absolute Gasteiger partial charge is 0.375 e. The summed E-state index contributed by atoms with van der Waals surface area (Å²) in [7, 11) is 1.44. The Bertz CT molecular complexity index is 393. The number of benzene rings is 1. The summed E-state index contributed by atoms with van der Waals surface area (Å²) in [5.41, 5.74) is 6.05. The van der Waals surface area contributed by atoms with E-state index in [0.717, 1.165) is 0 Å². The topological polar surface area (TPSA) is 93.4 Å². The van der Waals surface area contributed by atoms with E-state index in [9.17, 15) is 9.59 Å². The summed E-state index contributed by atoms with van der Waals surface area (Å²) in [5, 5.41) is 5.01. The van der Waals surface area contributed by atoms with E-state index in [1.165, 1.54) is 7.11 Å². The van der Waals surface area contributed by atoms with Gasteiger partial charge in [0.25, 0.3) is 0 Å². The van der Waals surface area contributed by atoms with Crippen molar-refractivity contribution in [2.45, 2.75) is 0 Å². The Kier molecular flexibility index (Phi) is 4.28. The second kappa shape index (κ2) is 5.72. The molecule has 0 aromatic heterocycles. The van der Waals surface area contributed by atoms with Crippen molar-refractivity contribution in [2.24, 2.45) is 5.73 Å². The molecule has 0 saturated heterocycles. The fourth-order valence-corrected chi connectivity index (χ4v) is 1.15. The first-order valence-corrected chi connectivity index (χ1v) is 4.57. The molecular weight excluding hydrogens is 210 g/mol. The van der Waals surface area contributed by atoms with Gasteiger partial charge >= 0.3 is 6.03 Å². The van der Waals surface area contributed by atoms with Crippen LogP contribution < -0.4 is 16.4 Å². The van der Waals surface area contributed by atoms with E-state index in [-0.39, 0.29) is 12.5 Å². The van der Waals surface area contributed by atoms with Crippen LogP contribution in [0.3, 0.4) is 0 Å². The number of methoxy groups -OCH3 is 1. The average molecular weight is 223 g/mol. The summed E-state index contributed by atoms with van der Waals surface area (Å²) in [4.78, 5) is 21.8. The summed E-state index contributed by atoms with van der Waals surface area (Å²) in [6, 6.07) is 5.99. The van der Waals surface area contributed by atoms with Gasteiger partial charge in [-0.3, -0.25) is 4.79 Å². The van der Waals surface area contributed by atoms with Gasteiger partial charge in [0.1, 0.15) is 6.61 Å². The molecule has 6 nitrogen and oxygen atoms in total. The maximum Gasteiger partial charge on any atom is 0.316 e. The number of carbonyl (C=O) groups excluding carboxylic acids is 2. The molecule has 1 aromatic carbocycles. The molecule has 0 aliphatic rings. The van der Waals surface area contributed by atoms with Gasteiger partial charge in [-0.15, -0.1) is 0 Å². The Morgan fingerprint density at radius 1 is 1.31 bits per heavy atom. The van der Waals surface area contributed by atoms with Gasteiger partial charge in [0, 0.05) is 18.5 Å². The second-order valence-electron chi connectivity index (χ2n) is 3.05. The lowest BCUT2D eigenvalue weighted by Crippen LogP contribution is -2.20. The van der Waals surface area contributed by atoms with Crippen LogP contribution in [0.15, 0.2) is 24.3 Å². The first kappa shape index (κ1) is 12.0. The molecule has 0 spiro atoms. The van der Waals surface area contributed by atoms with Gasteiger partial charge in [0.05, 0.1) is 0 Å². The number of urea groups is 1. The van der Waals surface area contributed by atoms with Crippen molar-refractivity contribution in [3.8, 4) is 0 Å². The molecule has 16 heavy (non-hydrogen) atoms. The molecule has 0 atom stereocenters. The highest BCUT2D eigenvalue weighted by Crippen LogP contribution is 2.14. The molecule has 4 N–H and O–H groups in total. The van der Waals surface area contributed by atoms with Crippen LogP contribution in [0, 0.1) is 0 Å². The number of hydrogen-bond donors (Lipinski definition) is 3. The number of anilines is 2. The van der Waals surface area contributed by atoms with Crippen LogP contribution in [0.2, 0.25) is 0 Å². The summed E-state index contributed by atoms with van der Waals surface area (Å²) in [6.07, 6.45) is 0. The zero-order valence-corrected chi connectivity index (χ0v) is 8.82. The minimum Gasteiger partial charge on any atom is -0.375 e. The molecule has 0 bridgehead atoms. The highest BCUT2D eigenvalue weighted by atomic mass is 16.5. The maximum absolute atomic E-state index is 11.2. The number of ether oxygens (including phenoxy) is 1. The van der Waals surface area contributed by atoms with Crippen molar-refractivity contribution in [2.75, 3.05) is 24.4 Å². The third-order valence-electron chi connectivity index (χ3n) is 1.69. The normalized spacial score (nSPS) is 9.56. The standard InChI is InChI=1S/C10H13N3O3/c1-16-6-9(14)12-7-3-2-4-8(5-7)13-10(11)15/h2-5H,6H2,1H3,(H,12,14)(H3,11,13,15). The number of nitrogens with two attached hydrogens (primary N) is 1. The van der Waals surface area contributed by atoms with Gasteiger partial charge in [-0.2, -0.15) is 0 Å². The summed E-state index contributed by atoms with van der Waals surface area (Å²) in [5.74, 6) is -0.265. The minimum absolute atomic E-state index is 0.0204. The van der Waals surface area contributed by atoms with E-state index in [1.54, 1.807) is 24.3 Å². The minimum atomic E-state index is -0.652. The van der Waals surface area contributed by atoms with Gasteiger partial charge < -0.3 is 21.1 Å². The van der Waals surface area contributed by atoms with Gasteiger partial charge in [0.2, 0.25) is 5.91 Å². The molecule has 0 unspecified atom stereocenters. The van der Waals surface area contributed by atoms with Crippen LogP contribution >= 0.6 is 0 Å². The second-order valence-corrected chi connectivity index (χ2v) is 3.05. The number of rotatable bonds is 4. The maximum atomic E-state index is 11.2. The molecule has 1 aromatic rings. The predicted octanol–water partition coefficient (Wildman–Crippen LogP) is 0.762. The molecule has 6 heteroatoms. The van der Waals surface area contributed by atoms with E-state index in [0.29, 0.717) is 11.4 Å². The van der Waals surface area contributed by atoms with Crippen molar-refractivity contribution < 1.29 is 14.3 Å². The third-order valence-corrected chi connectivity index (χ3v) is 1.69. The van der Waals surface area contributed by atoms with Gasteiger partial charge in [-0.1, -0.05) is 6.07 Å². The number of nitrogens with one attached hydrogen (secondary N) is 2. The molecule has 0 heterocycles. The fraction of sp³-hybridized carbons (Fsp3) is 0.200. The summed E-state index contributed by atoms with van der Waals surface area (Å²) >= 11 is 0. The molecule has 86 valence electrons. The molecule has 0 saturated carbocycles. The monoisotopic (exact) mass is 223 g/mol. The number of amides is 3. The lowest BCUT2D eigenvalue weighted by molar-refractivity contribution is -0.119. The number of carbonyl (C=O) groups is 2.